The van der Waals surface area contributed by atoms with E-state index in [4.69, 9.17) is 5.73 Å². The smallest absolute Gasteiger partial charge is 0.188 e. The zero-order valence-electron chi connectivity index (χ0n) is 11.1. The largest absolute Gasteiger partial charge is 0.370 e. The van der Waals surface area contributed by atoms with E-state index in [1.807, 2.05) is 0 Å². The van der Waals surface area contributed by atoms with Crippen LogP contribution in [0, 0.1) is 0 Å². The second-order valence-corrected chi connectivity index (χ2v) is 5.84. The first kappa shape index (κ1) is 12.2. The molecule has 18 heavy (non-hydrogen) atoms. The number of nitrogens with two attached hydrogens (primary N) is 1. The number of aliphatic imine (C=N–C) groups is 1. The van der Waals surface area contributed by atoms with E-state index in [-0.39, 0.29) is 0 Å². The average Bonchev–Trinajstić information content (AvgIpc) is 2.91. The Morgan fingerprint density at radius 2 is 1.89 bits per heavy atom. The first-order valence-corrected chi connectivity index (χ1v) is 7.34. The minimum Gasteiger partial charge on any atom is -0.370 e. The standard InChI is InChI=1S/C13H25N5/c14-13(16-11-3-1-2-4-11)15-9-12-10-17-5-7-18(12)8-6-17/h11-12H,1-10H2,(H3,14,15,16). The van der Waals surface area contributed by atoms with Crippen molar-refractivity contribution in [1.82, 2.24) is 15.1 Å². The van der Waals surface area contributed by atoms with Gasteiger partial charge in [-0.2, -0.15) is 0 Å². The number of guanidine groups is 1. The molecule has 0 spiro atoms. The van der Waals surface area contributed by atoms with Crippen LogP contribution in [0.2, 0.25) is 0 Å². The summed E-state index contributed by atoms with van der Waals surface area (Å²) in [5, 5.41) is 3.36. The van der Waals surface area contributed by atoms with E-state index in [1.165, 1.54) is 58.4 Å². The predicted octanol–water partition coefficient (Wildman–Crippen LogP) is -0.167. The van der Waals surface area contributed by atoms with Gasteiger partial charge >= 0.3 is 0 Å². The summed E-state index contributed by atoms with van der Waals surface area (Å²) in [5.41, 5.74) is 5.98. The van der Waals surface area contributed by atoms with Gasteiger partial charge in [0.05, 0.1) is 6.54 Å². The fraction of sp³-hybridized carbons (Fsp3) is 0.923. The molecule has 5 heteroatoms. The molecule has 4 rings (SSSR count). The van der Waals surface area contributed by atoms with Crippen molar-refractivity contribution < 1.29 is 0 Å². The normalized spacial score (nSPS) is 37.1. The molecule has 0 radical (unpaired) electrons. The Hall–Kier alpha value is -0.810. The quantitative estimate of drug-likeness (QED) is 0.540. The van der Waals surface area contributed by atoms with Gasteiger partial charge in [0.15, 0.2) is 5.96 Å². The van der Waals surface area contributed by atoms with Crippen molar-refractivity contribution in [3.05, 3.63) is 0 Å². The maximum atomic E-state index is 5.98. The number of piperazine rings is 3. The van der Waals surface area contributed by atoms with Gasteiger partial charge in [-0.15, -0.1) is 0 Å². The molecule has 1 aliphatic carbocycles. The van der Waals surface area contributed by atoms with E-state index >= 15 is 0 Å². The van der Waals surface area contributed by atoms with Crippen LogP contribution in [0.15, 0.2) is 4.99 Å². The maximum absolute atomic E-state index is 5.98. The highest BCUT2D eigenvalue weighted by Gasteiger charge is 2.31. The minimum atomic E-state index is 0.570. The molecule has 4 aliphatic rings. The van der Waals surface area contributed by atoms with Gasteiger partial charge in [0, 0.05) is 44.8 Å². The molecular weight excluding hydrogens is 226 g/mol. The molecule has 1 saturated carbocycles. The molecule has 102 valence electrons. The third kappa shape index (κ3) is 2.78. The third-order valence-electron chi connectivity index (χ3n) is 4.57. The van der Waals surface area contributed by atoms with Crippen LogP contribution in [0.3, 0.4) is 0 Å². The van der Waals surface area contributed by atoms with Crippen molar-refractivity contribution >= 4 is 5.96 Å². The van der Waals surface area contributed by atoms with Gasteiger partial charge in [0.2, 0.25) is 0 Å². The van der Waals surface area contributed by atoms with Gasteiger partial charge in [0.1, 0.15) is 0 Å². The Balaban J connectivity index is 1.47. The Morgan fingerprint density at radius 1 is 1.17 bits per heavy atom. The van der Waals surface area contributed by atoms with Gasteiger partial charge in [-0.3, -0.25) is 14.8 Å². The summed E-state index contributed by atoms with van der Waals surface area (Å²) in [6, 6.07) is 1.15. The van der Waals surface area contributed by atoms with Crippen molar-refractivity contribution in [2.75, 3.05) is 39.3 Å². The SMILES string of the molecule is NC(=NCC1CN2CCN1CC2)NC1CCCC1. The average molecular weight is 251 g/mol. The Labute approximate surface area is 109 Å². The zero-order chi connectivity index (χ0) is 12.4. The van der Waals surface area contributed by atoms with Crippen molar-refractivity contribution in [3.63, 3.8) is 0 Å². The van der Waals surface area contributed by atoms with Crippen molar-refractivity contribution in [2.24, 2.45) is 10.7 Å². The van der Waals surface area contributed by atoms with E-state index in [0.29, 0.717) is 18.0 Å². The predicted molar refractivity (Wildman–Crippen MR) is 73.7 cm³/mol. The fourth-order valence-electron chi connectivity index (χ4n) is 3.43. The fourth-order valence-corrected chi connectivity index (χ4v) is 3.43. The number of nitrogens with one attached hydrogen (secondary N) is 1. The molecule has 0 aromatic carbocycles. The summed E-state index contributed by atoms with van der Waals surface area (Å²) in [5.74, 6) is 0.652. The summed E-state index contributed by atoms with van der Waals surface area (Å²) in [4.78, 5) is 9.65. The highest BCUT2D eigenvalue weighted by molar-refractivity contribution is 5.78. The zero-order valence-corrected chi connectivity index (χ0v) is 11.1. The molecule has 5 nitrogen and oxygen atoms in total. The lowest BCUT2D eigenvalue weighted by molar-refractivity contribution is 0.0174. The monoisotopic (exact) mass is 251 g/mol. The number of rotatable bonds is 3. The molecule has 4 fully saturated rings. The van der Waals surface area contributed by atoms with Gasteiger partial charge in [-0.05, 0) is 12.8 Å². The van der Waals surface area contributed by atoms with E-state index < -0.39 is 0 Å². The van der Waals surface area contributed by atoms with Crippen LogP contribution in [0.5, 0.6) is 0 Å². The van der Waals surface area contributed by atoms with Crippen molar-refractivity contribution in [1.29, 1.82) is 0 Å². The number of nitrogens with zero attached hydrogens (tertiary/aromatic N) is 3. The van der Waals surface area contributed by atoms with Gasteiger partial charge in [0.25, 0.3) is 0 Å². The van der Waals surface area contributed by atoms with Crippen LogP contribution in [-0.2, 0) is 0 Å². The Bertz CT molecular complexity index is 303. The summed E-state index contributed by atoms with van der Waals surface area (Å²) in [7, 11) is 0. The van der Waals surface area contributed by atoms with Crippen LogP contribution in [0.1, 0.15) is 25.7 Å². The van der Waals surface area contributed by atoms with Crippen LogP contribution in [0.4, 0.5) is 0 Å². The first-order valence-electron chi connectivity index (χ1n) is 7.34. The van der Waals surface area contributed by atoms with E-state index in [2.05, 4.69) is 20.1 Å². The number of hydrogen-bond donors (Lipinski definition) is 2. The molecule has 1 atom stereocenters. The summed E-state index contributed by atoms with van der Waals surface area (Å²) < 4.78 is 0. The van der Waals surface area contributed by atoms with Gasteiger partial charge in [-0.25, -0.2) is 0 Å². The van der Waals surface area contributed by atoms with Crippen LogP contribution < -0.4 is 11.1 Å². The topological polar surface area (TPSA) is 56.9 Å². The Kier molecular flexibility index (Phi) is 3.70. The molecule has 0 aromatic rings. The third-order valence-corrected chi connectivity index (χ3v) is 4.57. The summed E-state index contributed by atoms with van der Waals surface area (Å²) in [6.45, 7) is 6.89. The number of fused-ring (bicyclic) bond motifs is 3. The van der Waals surface area contributed by atoms with Crippen LogP contribution in [0.25, 0.3) is 0 Å². The molecule has 3 heterocycles. The maximum Gasteiger partial charge on any atom is 0.188 e. The van der Waals surface area contributed by atoms with E-state index in [1.54, 1.807) is 0 Å². The molecular formula is C13H25N5. The lowest BCUT2D eigenvalue weighted by atomic mass is 10.1. The molecule has 0 amide bonds. The van der Waals surface area contributed by atoms with E-state index in [0.717, 1.165) is 6.54 Å². The van der Waals surface area contributed by atoms with Gasteiger partial charge < -0.3 is 11.1 Å². The molecule has 3 aliphatic heterocycles. The highest BCUT2D eigenvalue weighted by atomic mass is 15.3. The van der Waals surface area contributed by atoms with Crippen molar-refractivity contribution in [3.8, 4) is 0 Å². The summed E-state index contributed by atoms with van der Waals surface area (Å²) >= 11 is 0. The highest BCUT2D eigenvalue weighted by Crippen LogP contribution is 2.17. The molecule has 3 saturated heterocycles. The molecule has 1 unspecified atom stereocenters. The van der Waals surface area contributed by atoms with E-state index in [9.17, 15) is 0 Å². The molecule has 0 aromatic heterocycles. The Morgan fingerprint density at radius 3 is 2.50 bits per heavy atom. The van der Waals surface area contributed by atoms with Crippen molar-refractivity contribution in [2.45, 2.75) is 37.8 Å². The van der Waals surface area contributed by atoms with Crippen LogP contribution >= 0.6 is 0 Å². The summed E-state index contributed by atoms with van der Waals surface area (Å²) in [6.07, 6.45) is 5.16. The second-order valence-electron chi connectivity index (χ2n) is 5.84. The number of hydrogen-bond acceptors (Lipinski definition) is 3. The lowest BCUT2D eigenvalue weighted by Gasteiger charge is -2.47. The second kappa shape index (κ2) is 5.45. The minimum absolute atomic E-state index is 0.570. The molecule has 2 bridgehead atoms. The van der Waals surface area contributed by atoms with Gasteiger partial charge in [-0.1, -0.05) is 12.8 Å². The first-order chi connectivity index (χ1) is 8.81. The molecule has 3 N–H and O–H groups in total. The van der Waals surface area contributed by atoms with Crippen LogP contribution in [-0.4, -0.2) is 67.1 Å². The lowest BCUT2D eigenvalue weighted by Crippen LogP contribution is -2.62.